The van der Waals surface area contributed by atoms with Gasteiger partial charge in [0.15, 0.2) is 0 Å². The molecule has 1 aromatic carbocycles. The largest absolute Gasteiger partial charge is 0.494 e. The average molecular weight is 318 g/mol. The number of para-hydroxylation sites is 1. The molecule has 1 saturated heterocycles. The Labute approximate surface area is 140 Å². The van der Waals surface area contributed by atoms with Crippen LogP contribution in [0.4, 0.5) is 0 Å². The fraction of sp³-hybridized carbons (Fsp3) is 0.632. The molecule has 1 heterocycles. The van der Waals surface area contributed by atoms with Gasteiger partial charge in [-0.25, -0.2) is 0 Å². The summed E-state index contributed by atoms with van der Waals surface area (Å²) in [4.78, 5) is 17.0. The molecule has 128 valence electrons. The second-order valence-electron chi connectivity index (χ2n) is 6.28. The number of ether oxygens (including phenoxy) is 1. The van der Waals surface area contributed by atoms with Crippen LogP contribution in [-0.4, -0.2) is 48.5 Å². The highest BCUT2D eigenvalue weighted by atomic mass is 16.5. The van der Waals surface area contributed by atoms with E-state index in [0.29, 0.717) is 25.6 Å². The molecule has 0 radical (unpaired) electrons. The molecule has 2 rings (SSSR count). The minimum atomic E-state index is 0.248. The lowest BCUT2D eigenvalue weighted by molar-refractivity contribution is -0.133. The Balaban J connectivity index is 2.00. The first-order chi connectivity index (χ1) is 11.2. The molecule has 4 nitrogen and oxygen atoms in total. The van der Waals surface area contributed by atoms with Crippen LogP contribution in [0.15, 0.2) is 24.3 Å². The van der Waals surface area contributed by atoms with Crippen molar-refractivity contribution in [1.29, 1.82) is 0 Å². The minimum absolute atomic E-state index is 0.248. The van der Waals surface area contributed by atoms with Crippen LogP contribution in [0.3, 0.4) is 0 Å². The van der Waals surface area contributed by atoms with E-state index in [4.69, 9.17) is 4.74 Å². The number of carbonyl (C=O) groups is 1. The van der Waals surface area contributed by atoms with E-state index in [1.165, 1.54) is 12.8 Å². The van der Waals surface area contributed by atoms with Crippen molar-refractivity contribution >= 4 is 5.91 Å². The molecule has 4 heteroatoms. The Morgan fingerprint density at radius 1 is 1.30 bits per heavy atom. The van der Waals surface area contributed by atoms with Crippen molar-refractivity contribution in [2.75, 3.05) is 26.7 Å². The number of hydrogen-bond donors (Lipinski definition) is 0. The predicted octanol–water partition coefficient (Wildman–Crippen LogP) is 3.31. The molecule has 1 aromatic rings. The van der Waals surface area contributed by atoms with Gasteiger partial charge in [0.05, 0.1) is 6.61 Å². The molecule has 1 aliphatic heterocycles. The molecule has 1 atom stereocenters. The zero-order valence-corrected chi connectivity index (χ0v) is 14.8. The van der Waals surface area contributed by atoms with Crippen LogP contribution < -0.4 is 4.74 Å². The standard InChI is InChI=1S/C19H30N2O2/c1-4-21(15-16-10-6-7-12-18(16)23-5-2)19(22)14-17-11-8-9-13-20(17)3/h6-7,10,12,17H,4-5,8-9,11,13-15H2,1-3H3/t17-/m1/s1. The second-order valence-corrected chi connectivity index (χ2v) is 6.28. The quantitative estimate of drug-likeness (QED) is 0.773. The molecule has 23 heavy (non-hydrogen) atoms. The van der Waals surface area contributed by atoms with Gasteiger partial charge in [-0.3, -0.25) is 4.79 Å². The number of amides is 1. The summed E-state index contributed by atoms with van der Waals surface area (Å²) < 4.78 is 5.68. The number of benzene rings is 1. The normalized spacial score (nSPS) is 18.7. The minimum Gasteiger partial charge on any atom is -0.494 e. The smallest absolute Gasteiger partial charge is 0.224 e. The summed E-state index contributed by atoms with van der Waals surface area (Å²) in [6.07, 6.45) is 4.25. The van der Waals surface area contributed by atoms with E-state index < -0.39 is 0 Å². The number of likely N-dealkylation sites (tertiary alicyclic amines) is 1. The Kier molecular flexibility index (Phi) is 6.90. The van der Waals surface area contributed by atoms with Gasteiger partial charge in [-0.1, -0.05) is 24.6 Å². The van der Waals surface area contributed by atoms with E-state index in [1.807, 2.05) is 43.0 Å². The average Bonchev–Trinajstić information content (AvgIpc) is 2.56. The van der Waals surface area contributed by atoms with Crippen molar-refractivity contribution in [3.63, 3.8) is 0 Å². The van der Waals surface area contributed by atoms with Gasteiger partial charge < -0.3 is 14.5 Å². The van der Waals surface area contributed by atoms with Crippen LogP contribution in [0.2, 0.25) is 0 Å². The summed E-state index contributed by atoms with van der Waals surface area (Å²) in [6.45, 7) is 7.14. The number of piperidine rings is 1. The monoisotopic (exact) mass is 318 g/mol. The second kappa shape index (κ2) is 8.92. The highest BCUT2D eigenvalue weighted by Gasteiger charge is 2.24. The first-order valence-electron chi connectivity index (χ1n) is 8.84. The van der Waals surface area contributed by atoms with Crippen LogP contribution in [0.25, 0.3) is 0 Å². The molecular formula is C19H30N2O2. The third-order valence-electron chi connectivity index (χ3n) is 4.70. The summed E-state index contributed by atoms with van der Waals surface area (Å²) >= 11 is 0. The number of nitrogens with zero attached hydrogens (tertiary/aromatic N) is 2. The van der Waals surface area contributed by atoms with Crippen molar-refractivity contribution < 1.29 is 9.53 Å². The molecule has 0 aliphatic carbocycles. The Morgan fingerprint density at radius 3 is 2.78 bits per heavy atom. The van der Waals surface area contributed by atoms with E-state index in [2.05, 4.69) is 11.9 Å². The van der Waals surface area contributed by atoms with Crippen molar-refractivity contribution in [2.45, 2.75) is 52.1 Å². The highest BCUT2D eigenvalue weighted by Crippen LogP contribution is 2.22. The van der Waals surface area contributed by atoms with E-state index in [0.717, 1.165) is 30.8 Å². The maximum Gasteiger partial charge on any atom is 0.224 e. The van der Waals surface area contributed by atoms with Gasteiger partial charge >= 0.3 is 0 Å². The SMILES string of the molecule is CCOc1ccccc1CN(CC)C(=O)C[C@H]1CCCCN1C. The summed E-state index contributed by atoms with van der Waals surface area (Å²) in [5.41, 5.74) is 1.08. The maximum atomic E-state index is 12.7. The number of hydrogen-bond acceptors (Lipinski definition) is 3. The van der Waals surface area contributed by atoms with E-state index in [9.17, 15) is 4.79 Å². The summed E-state index contributed by atoms with van der Waals surface area (Å²) in [6, 6.07) is 8.40. The molecular weight excluding hydrogens is 288 g/mol. The first-order valence-corrected chi connectivity index (χ1v) is 8.84. The zero-order valence-electron chi connectivity index (χ0n) is 14.8. The van der Waals surface area contributed by atoms with E-state index in [-0.39, 0.29) is 5.91 Å². The molecule has 0 spiro atoms. The first kappa shape index (κ1) is 17.8. The highest BCUT2D eigenvalue weighted by molar-refractivity contribution is 5.77. The molecule has 0 bridgehead atoms. The molecule has 0 saturated carbocycles. The van der Waals surface area contributed by atoms with Gasteiger partial charge in [0.2, 0.25) is 5.91 Å². The van der Waals surface area contributed by atoms with Gasteiger partial charge in [0.1, 0.15) is 5.75 Å². The molecule has 0 aromatic heterocycles. The van der Waals surface area contributed by atoms with Crippen LogP contribution in [0, 0.1) is 0 Å². The van der Waals surface area contributed by atoms with E-state index >= 15 is 0 Å². The van der Waals surface area contributed by atoms with Gasteiger partial charge in [0.25, 0.3) is 0 Å². The van der Waals surface area contributed by atoms with Crippen LogP contribution in [0.5, 0.6) is 5.75 Å². The lowest BCUT2D eigenvalue weighted by atomic mass is 9.99. The summed E-state index contributed by atoms with van der Waals surface area (Å²) in [7, 11) is 2.14. The van der Waals surface area contributed by atoms with Crippen molar-refractivity contribution in [3.05, 3.63) is 29.8 Å². The van der Waals surface area contributed by atoms with Crippen molar-refractivity contribution in [3.8, 4) is 5.75 Å². The molecule has 1 fully saturated rings. The van der Waals surface area contributed by atoms with Gasteiger partial charge in [-0.15, -0.1) is 0 Å². The predicted molar refractivity (Wildman–Crippen MR) is 93.6 cm³/mol. The lowest BCUT2D eigenvalue weighted by Crippen LogP contribution is -2.41. The molecule has 1 aliphatic rings. The molecule has 1 amide bonds. The number of carbonyl (C=O) groups excluding carboxylic acids is 1. The fourth-order valence-electron chi connectivity index (χ4n) is 3.25. The van der Waals surface area contributed by atoms with Gasteiger partial charge in [-0.2, -0.15) is 0 Å². The Hall–Kier alpha value is -1.55. The number of rotatable bonds is 7. The zero-order chi connectivity index (χ0) is 16.7. The van der Waals surface area contributed by atoms with Crippen molar-refractivity contribution in [2.24, 2.45) is 0 Å². The van der Waals surface area contributed by atoms with Crippen LogP contribution in [-0.2, 0) is 11.3 Å². The van der Waals surface area contributed by atoms with Gasteiger partial charge in [-0.05, 0) is 46.3 Å². The Morgan fingerprint density at radius 2 is 2.09 bits per heavy atom. The van der Waals surface area contributed by atoms with Crippen LogP contribution >= 0.6 is 0 Å². The summed E-state index contributed by atoms with van der Waals surface area (Å²) in [5, 5.41) is 0. The molecule has 0 N–H and O–H groups in total. The topological polar surface area (TPSA) is 32.8 Å². The fourth-order valence-corrected chi connectivity index (χ4v) is 3.25. The third kappa shape index (κ3) is 4.96. The maximum absolute atomic E-state index is 12.7. The van der Waals surface area contributed by atoms with Gasteiger partial charge in [0, 0.05) is 31.1 Å². The summed E-state index contributed by atoms with van der Waals surface area (Å²) in [5.74, 6) is 1.13. The van der Waals surface area contributed by atoms with Crippen LogP contribution in [0.1, 0.15) is 45.1 Å². The van der Waals surface area contributed by atoms with Crippen molar-refractivity contribution in [1.82, 2.24) is 9.80 Å². The Bertz CT molecular complexity index is 504. The lowest BCUT2D eigenvalue weighted by Gasteiger charge is -2.33. The third-order valence-corrected chi connectivity index (χ3v) is 4.70. The van der Waals surface area contributed by atoms with E-state index in [1.54, 1.807) is 0 Å². The molecule has 0 unspecified atom stereocenters.